The summed E-state index contributed by atoms with van der Waals surface area (Å²) < 4.78 is 0. The largest absolute Gasteiger partial charge is 4.00 e. The number of hydrogen-bond acceptors (Lipinski definition) is 0. The Kier molecular flexibility index (Phi) is 11.9. The maximum atomic E-state index is 2.42. The number of fused-ring (bicyclic) bond motifs is 1. The first-order valence-corrected chi connectivity index (χ1v) is 6.21. The van der Waals surface area contributed by atoms with Gasteiger partial charge >= 0.3 is 21.7 Å². The molecule has 0 amide bonds. The molecule has 0 aliphatic heterocycles. The zero-order valence-electron chi connectivity index (χ0n) is 12.5. The number of halogens is 3. The Morgan fingerprint density at radius 3 is 1.79 bits per heavy atom. The third kappa shape index (κ3) is 3.98. The van der Waals surface area contributed by atoms with E-state index in [1.54, 1.807) is 16.7 Å². The normalized spacial score (nSPS) is 27.9. The summed E-state index contributed by atoms with van der Waals surface area (Å²) in [7, 11) is 0. The van der Waals surface area contributed by atoms with Crippen LogP contribution in [0.15, 0.2) is 6.07 Å². The van der Waals surface area contributed by atoms with E-state index in [1.165, 1.54) is 5.56 Å². The molecule has 1 aliphatic rings. The fraction of sp³-hybridized carbons (Fsp3) is 0.667. The Morgan fingerprint density at radius 2 is 1.32 bits per heavy atom. The van der Waals surface area contributed by atoms with Crippen LogP contribution in [0.1, 0.15) is 61.8 Å². The summed E-state index contributed by atoms with van der Waals surface area (Å²) in [5.74, 6) is 3.10. The summed E-state index contributed by atoms with van der Waals surface area (Å²) in [5, 5.41) is 0. The minimum atomic E-state index is 0. The van der Waals surface area contributed by atoms with Gasteiger partial charge in [-0.15, -0.1) is 0 Å². The molecule has 0 bridgehead atoms. The van der Waals surface area contributed by atoms with E-state index in [-0.39, 0.29) is 58.9 Å². The van der Waals surface area contributed by atoms with Crippen LogP contribution < -0.4 is 37.2 Å². The minimum Gasteiger partial charge on any atom is -1.00 e. The summed E-state index contributed by atoms with van der Waals surface area (Å²) in [6, 6.07) is 2.42. The molecule has 1 aromatic rings. The van der Waals surface area contributed by atoms with Gasteiger partial charge in [-0.05, 0) is 17.8 Å². The quantitative estimate of drug-likeness (QED) is 0.325. The van der Waals surface area contributed by atoms with E-state index in [0.717, 1.165) is 23.7 Å². The topological polar surface area (TPSA) is 0 Å². The Balaban J connectivity index is -0.000000640. The van der Waals surface area contributed by atoms with Crippen molar-refractivity contribution >= 4 is 0 Å². The van der Waals surface area contributed by atoms with Crippen molar-refractivity contribution in [3.8, 4) is 0 Å². The molecule has 4 atom stereocenters. The first-order valence-electron chi connectivity index (χ1n) is 6.21. The van der Waals surface area contributed by atoms with E-state index >= 15 is 0 Å². The molecule has 108 valence electrons. The second kappa shape index (κ2) is 9.05. The Bertz CT molecular complexity index is 387. The number of rotatable bonds is 0. The van der Waals surface area contributed by atoms with E-state index in [0.29, 0.717) is 0 Å². The standard InChI is InChI=1S/C15H23.3ClH.Ti/c1-8-7-14-12(5)10(3)11(4)13(6)15(14)9(8)2;;;;/h7,10-13H,1-6H3;3*1H;/q-1;;;;+4/p-3. The molecule has 0 radical (unpaired) electrons. The molecule has 1 aromatic carbocycles. The van der Waals surface area contributed by atoms with Gasteiger partial charge < -0.3 is 37.2 Å². The van der Waals surface area contributed by atoms with Crippen LogP contribution in [0, 0.1) is 25.7 Å². The summed E-state index contributed by atoms with van der Waals surface area (Å²) in [5.41, 5.74) is 6.32. The van der Waals surface area contributed by atoms with Crippen LogP contribution in [0.25, 0.3) is 0 Å². The van der Waals surface area contributed by atoms with Crippen LogP contribution in [0.2, 0.25) is 0 Å². The molecule has 19 heavy (non-hydrogen) atoms. The number of hydrogen-bond donors (Lipinski definition) is 0. The van der Waals surface area contributed by atoms with Gasteiger partial charge in [-0.1, -0.05) is 47.5 Å². The maximum absolute atomic E-state index is 2.42. The van der Waals surface area contributed by atoms with Crippen molar-refractivity contribution in [2.75, 3.05) is 0 Å². The van der Waals surface area contributed by atoms with Crippen LogP contribution in [-0.4, -0.2) is 0 Å². The van der Waals surface area contributed by atoms with Crippen molar-refractivity contribution < 1.29 is 58.9 Å². The van der Waals surface area contributed by atoms with Gasteiger partial charge in [0.15, 0.2) is 0 Å². The van der Waals surface area contributed by atoms with Crippen molar-refractivity contribution in [2.45, 2.75) is 53.4 Å². The van der Waals surface area contributed by atoms with Gasteiger partial charge in [0.2, 0.25) is 0 Å². The molecular formula is C15H23Cl3Ti. The van der Waals surface area contributed by atoms with E-state index in [2.05, 4.69) is 47.6 Å². The van der Waals surface area contributed by atoms with Crippen molar-refractivity contribution in [3.05, 3.63) is 28.3 Å². The fourth-order valence-electron chi connectivity index (χ4n) is 3.29. The molecule has 0 nitrogen and oxygen atoms in total. The van der Waals surface area contributed by atoms with Crippen LogP contribution in [-0.2, 0) is 21.7 Å². The Morgan fingerprint density at radius 1 is 0.895 bits per heavy atom. The molecule has 0 saturated heterocycles. The second-order valence-corrected chi connectivity index (χ2v) is 5.62. The SMILES string of the molecule is Cc1cc2c([c-]1C)C(C)C(C)C(C)C2C.[Cl-].[Cl-].[Cl-].[Ti+4]. The van der Waals surface area contributed by atoms with Gasteiger partial charge in [-0.3, -0.25) is 0 Å². The van der Waals surface area contributed by atoms with Gasteiger partial charge in [0, 0.05) is 0 Å². The fourth-order valence-corrected chi connectivity index (χ4v) is 3.29. The van der Waals surface area contributed by atoms with E-state index in [9.17, 15) is 0 Å². The summed E-state index contributed by atoms with van der Waals surface area (Å²) in [4.78, 5) is 0. The number of aryl methyl sites for hydroxylation is 1. The van der Waals surface area contributed by atoms with Gasteiger partial charge in [-0.25, -0.2) is 6.07 Å². The van der Waals surface area contributed by atoms with Crippen molar-refractivity contribution in [1.82, 2.24) is 0 Å². The van der Waals surface area contributed by atoms with Crippen LogP contribution in [0.4, 0.5) is 0 Å². The van der Waals surface area contributed by atoms with Crippen molar-refractivity contribution in [3.63, 3.8) is 0 Å². The van der Waals surface area contributed by atoms with Gasteiger partial charge in [0.25, 0.3) is 0 Å². The molecule has 0 fully saturated rings. The van der Waals surface area contributed by atoms with E-state index in [4.69, 9.17) is 0 Å². The van der Waals surface area contributed by atoms with Crippen molar-refractivity contribution in [1.29, 1.82) is 0 Å². The van der Waals surface area contributed by atoms with Gasteiger partial charge in [0.1, 0.15) is 0 Å². The summed E-state index contributed by atoms with van der Waals surface area (Å²) in [6.45, 7) is 14.2. The predicted molar refractivity (Wildman–Crippen MR) is 66.7 cm³/mol. The van der Waals surface area contributed by atoms with Crippen LogP contribution in [0.5, 0.6) is 0 Å². The first-order chi connectivity index (χ1) is 6.95. The zero-order chi connectivity index (χ0) is 11.3. The van der Waals surface area contributed by atoms with Gasteiger partial charge in [-0.2, -0.15) is 22.3 Å². The van der Waals surface area contributed by atoms with E-state index < -0.39 is 0 Å². The maximum Gasteiger partial charge on any atom is 4.00 e. The molecule has 4 heteroatoms. The first kappa shape index (κ1) is 24.9. The van der Waals surface area contributed by atoms with Crippen LogP contribution >= 0.6 is 0 Å². The third-order valence-electron chi connectivity index (χ3n) is 5.03. The van der Waals surface area contributed by atoms with Crippen molar-refractivity contribution in [2.24, 2.45) is 11.8 Å². The average Bonchev–Trinajstić information content (AvgIpc) is 2.50. The molecule has 0 N–H and O–H groups in total. The summed E-state index contributed by atoms with van der Waals surface area (Å²) in [6.07, 6.45) is 0. The molecule has 0 aromatic heterocycles. The monoisotopic (exact) mass is 356 g/mol. The molecular weight excluding hydrogens is 334 g/mol. The second-order valence-electron chi connectivity index (χ2n) is 5.62. The van der Waals surface area contributed by atoms with E-state index in [1.807, 2.05) is 0 Å². The zero-order valence-corrected chi connectivity index (χ0v) is 16.3. The smallest absolute Gasteiger partial charge is 1.00 e. The van der Waals surface area contributed by atoms with Crippen LogP contribution in [0.3, 0.4) is 0 Å². The third-order valence-corrected chi connectivity index (χ3v) is 5.03. The minimum absolute atomic E-state index is 0. The summed E-state index contributed by atoms with van der Waals surface area (Å²) >= 11 is 0. The molecule has 4 unspecified atom stereocenters. The molecule has 0 heterocycles. The Hall–Kier alpha value is 0.934. The molecule has 1 aliphatic carbocycles. The molecule has 0 spiro atoms. The average molecular weight is 358 g/mol. The van der Waals surface area contributed by atoms with Gasteiger partial charge in [0.05, 0.1) is 0 Å². The predicted octanol–water partition coefficient (Wildman–Crippen LogP) is -4.48. The molecule has 0 saturated carbocycles. The Labute approximate surface area is 152 Å². The molecule has 2 rings (SSSR count).